The zero-order valence-electron chi connectivity index (χ0n) is 54.9. The maximum absolute atomic E-state index is 13.3. The summed E-state index contributed by atoms with van der Waals surface area (Å²) in [5.74, 6) is -0.706. The monoisotopic (exact) mass is 1190 g/mol. The summed E-state index contributed by atoms with van der Waals surface area (Å²) in [5.41, 5.74) is 0. The van der Waals surface area contributed by atoms with Crippen LogP contribution in [0.3, 0.4) is 0 Å². The number of hydrogen-bond acceptors (Lipinski definition) is 10. The summed E-state index contributed by atoms with van der Waals surface area (Å²) in [6.45, 7) is 3.49. The van der Waals surface area contributed by atoms with E-state index in [2.05, 4.69) is 55.6 Å². The molecule has 0 saturated carbocycles. The Hall–Kier alpha value is -1.67. The first-order valence-electron chi connectivity index (χ1n) is 36.4. The molecule has 1 aliphatic rings. The first-order chi connectivity index (χ1) is 41.2. The molecule has 1 rings (SSSR count). The van der Waals surface area contributed by atoms with E-state index < -0.39 is 74.2 Å². The highest BCUT2D eigenvalue weighted by molar-refractivity contribution is 5.80. The lowest BCUT2D eigenvalue weighted by Gasteiger charge is -2.40. The molecule has 1 heterocycles. The van der Waals surface area contributed by atoms with Crippen molar-refractivity contribution in [2.45, 2.75) is 409 Å². The molecule has 1 amide bonds. The quantitative estimate of drug-likeness (QED) is 0.0215. The van der Waals surface area contributed by atoms with E-state index in [4.69, 9.17) is 9.47 Å². The number of carbonyl (C=O) groups is 1. The van der Waals surface area contributed by atoms with Gasteiger partial charge >= 0.3 is 0 Å². The molecular formula is C73H139NO10. The zero-order valence-corrected chi connectivity index (χ0v) is 54.9. The van der Waals surface area contributed by atoms with Gasteiger partial charge in [0.05, 0.1) is 25.4 Å². The third-order valence-electron chi connectivity index (χ3n) is 17.7. The predicted octanol–water partition coefficient (Wildman–Crippen LogP) is 17.8. The van der Waals surface area contributed by atoms with Gasteiger partial charge in [0.1, 0.15) is 36.6 Å². The van der Waals surface area contributed by atoms with Crippen molar-refractivity contribution in [3.05, 3.63) is 36.5 Å². The lowest BCUT2D eigenvalue weighted by Crippen LogP contribution is -2.60. The van der Waals surface area contributed by atoms with Gasteiger partial charge < -0.3 is 50.5 Å². The topological polar surface area (TPSA) is 189 Å². The number of amides is 1. The van der Waals surface area contributed by atoms with Gasteiger partial charge in [-0.05, 0) is 64.2 Å². The summed E-state index contributed by atoms with van der Waals surface area (Å²) in [7, 11) is 0. The van der Waals surface area contributed by atoms with Gasteiger partial charge in [0.25, 0.3) is 0 Å². The van der Waals surface area contributed by atoms with Crippen LogP contribution in [0.15, 0.2) is 36.5 Å². The number of unbranched alkanes of at least 4 members (excludes halogenated alkanes) is 46. The maximum Gasteiger partial charge on any atom is 0.249 e. The highest BCUT2D eigenvalue weighted by atomic mass is 16.7. The minimum atomic E-state index is -1.67. The number of allylic oxidation sites excluding steroid dienone is 6. The molecule has 0 aromatic rings. The molecule has 0 spiro atoms. The Bertz CT molecular complexity index is 1460. The highest BCUT2D eigenvalue weighted by Crippen LogP contribution is 2.24. The number of aliphatic hydroxyl groups excluding tert-OH is 7. The molecule has 11 nitrogen and oxygen atoms in total. The molecular weight excluding hydrogens is 1050 g/mol. The first kappa shape index (κ1) is 80.3. The van der Waals surface area contributed by atoms with Crippen LogP contribution in [0, 0.1) is 0 Å². The molecule has 1 fully saturated rings. The molecule has 0 radical (unpaired) electrons. The molecule has 84 heavy (non-hydrogen) atoms. The predicted molar refractivity (Wildman–Crippen MR) is 353 cm³/mol. The van der Waals surface area contributed by atoms with Crippen molar-refractivity contribution in [1.82, 2.24) is 5.32 Å². The number of carbonyl (C=O) groups excluding carboxylic acids is 1. The van der Waals surface area contributed by atoms with E-state index in [9.17, 15) is 40.5 Å². The Balaban J connectivity index is 2.21. The Labute approximate surface area is 517 Å². The lowest BCUT2D eigenvalue weighted by atomic mass is 9.98. The average Bonchev–Trinajstić information content (AvgIpc) is 3.66. The van der Waals surface area contributed by atoms with Gasteiger partial charge in [-0.2, -0.15) is 0 Å². The largest absolute Gasteiger partial charge is 0.394 e. The van der Waals surface area contributed by atoms with Crippen molar-refractivity contribution >= 4 is 5.91 Å². The summed E-state index contributed by atoms with van der Waals surface area (Å²) in [4.78, 5) is 13.3. The Morgan fingerprint density at radius 2 is 0.714 bits per heavy atom. The van der Waals surface area contributed by atoms with Crippen LogP contribution >= 0.6 is 0 Å². The first-order valence-corrected chi connectivity index (χ1v) is 36.4. The highest BCUT2D eigenvalue weighted by Gasteiger charge is 2.44. The second kappa shape index (κ2) is 61.6. The molecule has 8 N–H and O–H groups in total. The van der Waals surface area contributed by atoms with Gasteiger partial charge in [0, 0.05) is 0 Å². The van der Waals surface area contributed by atoms with E-state index >= 15 is 0 Å². The van der Waals surface area contributed by atoms with Crippen LogP contribution in [0.4, 0.5) is 0 Å². The Morgan fingerprint density at radius 1 is 0.405 bits per heavy atom. The fourth-order valence-electron chi connectivity index (χ4n) is 11.8. The molecule has 1 aliphatic heterocycles. The van der Waals surface area contributed by atoms with Crippen molar-refractivity contribution < 1.29 is 50.0 Å². The number of rotatable bonds is 64. The molecule has 0 aromatic carbocycles. The normalized spacial score (nSPS) is 19.1. The minimum Gasteiger partial charge on any atom is -0.394 e. The van der Waals surface area contributed by atoms with E-state index in [1.165, 1.54) is 263 Å². The fraction of sp³-hybridized carbons (Fsp3) is 0.904. The summed E-state index contributed by atoms with van der Waals surface area (Å²) >= 11 is 0. The van der Waals surface area contributed by atoms with Crippen molar-refractivity contribution in [1.29, 1.82) is 0 Å². The van der Waals surface area contributed by atoms with E-state index in [1.54, 1.807) is 0 Å². The van der Waals surface area contributed by atoms with E-state index in [-0.39, 0.29) is 12.8 Å². The van der Waals surface area contributed by atoms with Gasteiger partial charge in [-0.15, -0.1) is 0 Å². The van der Waals surface area contributed by atoms with E-state index in [1.807, 2.05) is 0 Å². The Kier molecular flexibility index (Phi) is 58.9. The van der Waals surface area contributed by atoms with Gasteiger partial charge in [-0.1, -0.05) is 326 Å². The molecule has 11 heteroatoms. The number of aliphatic hydroxyl groups is 7. The van der Waals surface area contributed by atoms with Crippen LogP contribution < -0.4 is 5.32 Å². The number of nitrogens with one attached hydrogen (secondary N) is 1. The van der Waals surface area contributed by atoms with Crippen LogP contribution in [0.2, 0.25) is 0 Å². The smallest absolute Gasteiger partial charge is 0.249 e. The second-order valence-corrected chi connectivity index (χ2v) is 25.6. The zero-order chi connectivity index (χ0) is 61.0. The van der Waals surface area contributed by atoms with Crippen LogP contribution in [0.5, 0.6) is 0 Å². The van der Waals surface area contributed by atoms with Crippen molar-refractivity contribution in [2.24, 2.45) is 0 Å². The molecule has 0 bridgehead atoms. The third kappa shape index (κ3) is 48.3. The number of hydrogen-bond donors (Lipinski definition) is 8. The summed E-state index contributed by atoms with van der Waals surface area (Å²) in [5, 5.41) is 76.5. The summed E-state index contributed by atoms with van der Waals surface area (Å²) in [6.07, 6.45) is 68.1. The van der Waals surface area contributed by atoms with E-state index in [0.717, 1.165) is 44.9 Å². The molecule has 1 saturated heterocycles. The van der Waals surface area contributed by atoms with Crippen molar-refractivity contribution in [2.75, 3.05) is 13.2 Å². The summed E-state index contributed by atoms with van der Waals surface area (Å²) in [6, 6.07) is -1.19. The molecule has 0 aromatic heterocycles. The van der Waals surface area contributed by atoms with Crippen LogP contribution in [0.1, 0.15) is 354 Å². The molecule has 496 valence electrons. The Morgan fingerprint density at radius 3 is 1.06 bits per heavy atom. The van der Waals surface area contributed by atoms with Crippen LogP contribution in [-0.2, 0) is 14.3 Å². The number of ether oxygens (including phenoxy) is 2. The van der Waals surface area contributed by atoms with Crippen molar-refractivity contribution in [3.8, 4) is 0 Å². The molecule has 0 aliphatic carbocycles. The van der Waals surface area contributed by atoms with Crippen LogP contribution in [0.25, 0.3) is 0 Å². The standard InChI is InChI=1S/C73H139NO10/c1-3-5-7-9-11-13-15-17-19-21-23-25-27-29-31-32-33-35-37-39-41-43-45-47-49-51-53-55-57-59-61-66(77)72(82)74-64(63-83-73-71(81)70(80)69(79)67(62-75)84-73)68(78)65(76)60-58-56-54-52-50-48-46-44-42-40-38-36-34-30-28-26-24-22-20-18-16-14-12-10-8-6-4-2/h36,38,44,46,52,54,64-71,73,75-81H,3-35,37,39-43,45,47-51,53,55-63H2,1-2H3,(H,74,82)/b38-36+,46-44+,54-52+. The lowest BCUT2D eigenvalue weighted by molar-refractivity contribution is -0.303. The minimum absolute atomic E-state index is 0.243. The van der Waals surface area contributed by atoms with Crippen molar-refractivity contribution in [3.63, 3.8) is 0 Å². The van der Waals surface area contributed by atoms with Gasteiger partial charge in [-0.25, -0.2) is 0 Å². The fourth-order valence-corrected chi connectivity index (χ4v) is 11.8. The third-order valence-corrected chi connectivity index (χ3v) is 17.7. The van der Waals surface area contributed by atoms with Gasteiger partial charge in [0.2, 0.25) is 5.91 Å². The van der Waals surface area contributed by atoms with Gasteiger partial charge in [0.15, 0.2) is 6.29 Å². The van der Waals surface area contributed by atoms with Crippen LogP contribution in [-0.4, -0.2) is 110 Å². The SMILES string of the molecule is CCCCCCCCCCCCCCCC/C=C/CC/C=C/CC/C=C/CCCC(O)C(O)C(COC1OC(CO)C(O)C(O)C1O)NC(=O)C(O)CCCCCCCCCCCCCCCCCCCCCCCCCCCCCCCC. The molecule has 9 atom stereocenters. The second-order valence-electron chi connectivity index (χ2n) is 25.6. The molecule has 9 unspecified atom stereocenters. The average molecular weight is 1190 g/mol. The van der Waals surface area contributed by atoms with Gasteiger partial charge in [-0.3, -0.25) is 4.79 Å². The van der Waals surface area contributed by atoms with E-state index in [0.29, 0.717) is 19.3 Å². The summed E-state index contributed by atoms with van der Waals surface area (Å²) < 4.78 is 11.2. The maximum atomic E-state index is 13.3.